The molecule has 1 heterocycles. The van der Waals surface area contributed by atoms with E-state index < -0.39 is 37.0 Å². The van der Waals surface area contributed by atoms with Gasteiger partial charge >= 0.3 is 6.18 Å². The van der Waals surface area contributed by atoms with E-state index in [0.717, 1.165) is 16.0 Å². The number of rotatable bonds is 11. The molecular weight excluding hydrogens is 473 g/mol. The first-order valence-corrected chi connectivity index (χ1v) is 11.9. The maximum atomic E-state index is 13.4. The van der Waals surface area contributed by atoms with Gasteiger partial charge in [0, 0.05) is 45.6 Å². The number of ether oxygens (including phenoxy) is 1. The van der Waals surface area contributed by atoms with Gasteiger partial charge in [-0.2, -0.15) is 13.2 Å². The average molecular weight is 507 g/mol. The number of hydrazine groups is 1. The van der Waals surface area contributed by atoms with E-state index in [0.29, 0.717) is 25.3 Å². The normalized spacial score (nSPS) is 17.0. The first kappa shape index (κ1) is 27.5. The summed E-state index contributed by atoms with van der Waals surface area (Å²) in [5.41, 5.74) is 4.81. The summed E-state index contributed by atoms with van der Waals surface area (Å²) in [6.07, 6.45) is -5.31. The largest absolute Gasteiger partial charge is 0.497 e. The minimum atomic E-state index is -4.45. The lowest BCUT2D eigenvalue weighted by molar-refractivity contribution is -0.153. The second kappa shape index (κ2) is 12.7. The van der Waals surface area contributed by atoms with E-state index in [2.05, 4.69) is 10.7 Å². The van der Waals surface area contributed by atoms with Crippen LogP contribution in [-0.2, 0) is 22.6 Å². The first-order valence-electron chi connectivity index (χ1n) is 11.9. The standard InChI is InChI=1S/C26H33F3N4O3/c1-32-18-21(17-31-32)24(25(35)30-16-20-6-4-3-5-7-20)33(15-14-26(27,28)29)23(34)13-10-19-8-11-22(36-2)12-9-19/h3-9,11-12,21,24,31H,10,13-18H2,1-2H3,(H,30,35). The van der Waals surface area contributed by atoms with Gasteiger partial charge < -0.3 is 15.0 Å². The number of methoxy groups -OCH3 is 1. The molecule has 0 spiro atoms. The molecule has 0 aliphatic carbocycles. The van der Waals surface area contributed by atoms with E-state index in [1.54, 1.807) is 31.3 Å². The number of benzene rings is 2. The smallest absolute Gasteiger partial charge is 0.390 e. The van der Waals surface area contributed by atoms with Gasteiger partial charge in [-0.05, 0) is 29.7 Å². The Morgan fingerprint density at radius 2 is 1.83 bits per heavy atom. The molecule has 2 N–H and O–H groups in total. The van der Waals surface area contributed by atoms with Crippen LogP contribution in [0.4, 0.5) is 13.2 Å². The molecule has 1 aliphatic rings. The molecule has 2 amide bonds. The third-order valence-corrected chi connectivity index (χ3v) is 6.24. The Labute approximate surface area is 209 Å². The zero-order valence-electron chi connectivity index (χ0n) is 20.6. The van der Waals surface area contributed by atoms with Crippen LogP contribution in [0.1, 0.15) is 24.0 Å². The van der Waals surface area contributed by atoms with Crippen LogP contribution in [0.2, 0.25) is 0 Å². The van der Waals surface area contributed by atoms with Gasteiger partial charge in [0.1, 0.15) is 11.8 Å². The fourth-order valence-corrected chi connectivity index (χ4v) is 4.32. The van der Waals surface area contributed by atoms with Gasteiger partial charge in [-0.15, -0.1) is 0 Å². The summed E-state index contributed by atoms with van der Waals surface area (Å²) >= 11 is 0. The van der Waals surface area contributed by atoms with Crippen molar-refractivity contribution in [1.29, 1.82) is 0 Å². The minimum Gasteiger partial charge on any atom is -0.497 e. The second-order valence-corrected chi connectivity index (χ2v) is 8.95. The molecule has 1 saturated heterocycles. The van der Waals surface area contributed by atoms with Crippen molar-refractivity contribution in [2.24, 2.45) is 5.92 Å². The molecule has 36 heavy (non-hydrogen) atoms. The van der Waals surface area contributed by atoms with Crippen molar-refractivity contribution in [2.75, 3.05) is 33.8 Å². The maximum absolute atomic E-state index is 13.4. The van der Waals surface area contributed by atoms with E-state index in [4.69, 9.17) is 4.74 Å². The Balaban J connectivity index is 1.79. The number of alkyl halides is 3. The molecule has 196 valence electrons. The van der Waals surface area contributed by atoms with E-state index >= 15 is 0 Å². The summed E-state index contributed by atoms with van der Waals surface area (Å²) < 4.78 is 44.8. The Morgan fingerprint density at radius 1 is 1.14 bits per heavy atom. The Hall–Kier alpha value is -3.11. The van der Waals surface area contributed by atoms with Crippen LogP contribution in [0.15, 0.2) is 54.6 Å². The number of hydrogen-bond acceptors (Lipinski definition) is 5. The van der Waals surface area contributed by atoms with Crippen LogP contribution in [0.3, 0.4) is 0 Å². The summed E-state index contributed by atoms with van der Waals surface area (Å²) in [6.45, 7) is 0.458. The van der Waals surface area contributed by atoms with E-state index in [-0.39, 0.29) is 18.9 Å². The predicted octanol–water partition coefficient (Wildman–Crippen LogP) is 3.16. The first-order chi connectivity index (χ1) is 17.2. The molecule has 0 saturated carbocycles. The lowest BCUT2D eigenvalue weighted by Gasteiger charge is -2.35. The zero-order chi connectivity index (χ0) is 26.1. The summed E-state index contributed by atoms with van der Waals surface area (Å²) in [4.78, 5) is 27.8. The van der Waals surface area contributed by atoms with Gasteiger partial charge in [-0.1, -0.05) is 42.5 Å². The number of carbonyl (C=O) groups excluding carboxylic acids is 2. The summed E-state index contributed by atoms with van der Waals surface area (Å²) in [7, 11) is 3.35. The van der Waals surface area contributed by atoms with Crippen molar-refractivity contribution in [3.05, 3.63) is 65.7 Å². The second-order valence-electron chi connectivity index (χ2n) is 8.95. The van der Waals surface area contributed by atoms with Crippen molar-refractivity contribution in [3.63, 3.8) is 0 Å². The van der Waals surface area contributed by atoms with Crippen molar-refractivity contribution in [2.45, 2.75) is 38.0 Å². The highest BCUT2D eigenvalue weighted by Gasteiger charge is 2.40. The van der Waals surface area contributed by atoms with Gasteiger partial charge in [0.15, 0.2) is 0 Å². The highest BCUT2D eigenvalue weighted by molar-refractivity contribution is 5.88. The van der Waals surface area contributed by atoms with Gasteiger partial charge in [0.2, 0.25) is 11.8 Å². The van der Waals surface area contributed by atoms with Gasteiger partial charge in [0.05, 0.1) is 13.5 Å². The molecule has 3 rings (SSSR count). The topological polar surface area (TPSA) is 73.9 Å². The molecule has 1 fully saturated rings. The summed E-state index contributed by atoms with van der Waals surface area (Å²) in [5, 5.41) is 4.62. The average Bonchev–Trinajstić information content (AvgIpc) is 3.29. The number of hydrogen-bond donors (Lipinski definition) is 2. The van der Waals surface area contributed by atoms with Crippen LogP contribution in [-0.4, -0.2) is 67.7 Å². The highest BCUT2D eigenvalue weighted by Crippen LogP contribution is 2.24. The van der Waals surface area contributed by atoms with Crippen molar-refractivity contribution in [1.82, 2.24) is 20.7 Å². The third-order valence-electron chi connectivity index (χ3n) is 6.24. The Morgan fingerprint density at radius 3 is 2.42 bits per heavy atom. The van der Waals surface area contributed by atoms with E-state index in [9.17, 15) is 22.8 Å². The van der Waals surface area contributed by atoms with E-state index in [1.807, 2.05) is 42.5 Å². The molecule has 2 atom stereocenters. The van der Waals surface area contributed by atoms with Gasteiger partial charge in [-0.25, -0.2) is 5.01 Å². The van der Waals surface area contributed by atoms with Crippen LogP contribution < -0.4 is 15.5 Å². The molecule has 0 bridgehead atoms. The summed E-state index contributed by atoms with van der Waals surface area (Å²) in [5.74, 6) is -0.626. The molecule has 2 unspecified atom stereocenters. The summed E-state index contributed by atoms with van der Waals surface area (Å²) in [6, 6.07) is 15.4. The maximum Gasteiger partial charge on any atom is 0.390 e. The lowest BCUT2D eigenvalue weighted by atomic mass is 9.96. The monoisotopic (exact) mass is 506 g/mol. The number of nitrogens with one attached hydrogen (secondary N) is 2. The van der Waals surface area contributed by atoms with Gasteiger partial charge in [0.25, 0.3) is 0 Å². The molecule has 1 aliphatic heterocycles. The number of halogens is 3. The van der Waals surface area contributed by atoms with E-state index in [1.165, 1.54) is 0 Å². The SMILES string of the molecule is COc1ccc(CCC(=O)N(CCC(F)(F)F)C(C(=O)NCc2ccccc2)C2CNN(C)C2)cc1. The van der Waals surface area contributed by atoms with Crippen LogP contribution in [0, 0.1) is 5.92 Å². The number of amides is 2. The number of nitrogens with zero attached hydrogens (tertiary/aromatic N) is 2. The molecule has 7 nitrogen and oxygen atoms in total. The Kier molecular flexibility index (Phi) is 9.72. The fourth-order valence-electron chi connectivity index (χ4n) is 4.32. The van der Waals surface area contributed by atoms with Crippen LogP contribution >= 0.6 is 0 Å². The molecule has 0 aromatic heterocycles. The third kappa shape index (κ3) is 8.23. The molecule has 2 aromatic rings. The number of carbonyl (C=O) groups is 2. The molecule has 10 heteroatoms. The van der Waals surface area contributed by atoms with Crippen molar-refractivity contribution in [3.8, 4) is 5.75 Å². The molecule has 2 aromatic carbocycles. The lowest BCUT2D eigenvalue weighted by Crippen LogP contribution is -2.55. The van der Waals surface area contributed by atoms with Crippen LogP contribution in [0.25, 0.3) is 0 Å². The molecule has 0 radical (unpaired) electrons. The van der Waals surface area contributed by atoms with Crippen molar-refractivity contribution < 1.29 is 27.5 Å². The fraction of sp³-hybridized carbons (Fsp3) is 0.462. The van der Waals surface area contributed by atoms with Gasteiger partial charge in [-0.3, -0.25) is 15.0 Å². The van der Waals surface area contributed by atoms with Crippen molar-refractivity contribution >= 4 is 11.8 Å². The molecular formula is C26H33F3N4O3. The Bertz CT molecular complexity index is 986. The minimum absolute atomic E-state index is 0.0113. The quantitative estimate of drug-likeness (QED) is 0.490. The predicted molar refractivity (Wildman–Crippen MR) is 130 cm³/mol. The highest BCUT2D eigenvalue weighted by atomic mass is 19.4. The zero-order valence-corrected chi connectivity index (χ0v) is 20.6. The number of aryl methyl sites for hydroxylation is 1. The van der Waals surface area contributed by atoms with Crippen LogP contribution in [0.5, 0.6) is 5.75 Å².